The lowest BCUT2D eigenvalue weighted by atomic mass is 10.0. The lowest BCUT2D eigenvalue weighted by Gasteiger charge is -2.25. The minimum Gasteiger partial charge on any atom is -0.464 e. The highest BCUT2D eigenvalue weighted by Crippen LogP contribution is 2.37. The van der Waals surface area contributed by atoms with Gasteiger partial charge in [0.25, 0.3) is 0 Å². The van der Waals surface area contributed by atoms with Crippen molar-refractivity contribution in [1.29, 1.82) is 0 Å². The summed E-state index contributed by atoms with van der Waals surface area (Å²) in [6.45, 7) is 8.90. The molecule has 2 atom stereocenters. The second-order valence-corrected chi connectivity index (χ2v) is 13.5. The van der Waals surface area contributed by atoms with E-state index < -0.39 is 58.6 Å². The lowest BCUT2D eigenvalue weighted by molar-refractivity contribution is -0.148. The van der Waals surface area contributed by atoms with Crippen molar-refractivity contribution in [3.8, 4) is 17.2 Å². The summed E-state index contributed by atoms with van der Waals surface area (Å²) in [6.07, 6.45) is -5.80. The predicted molar refractivity (Wildman–Crippen MR) is 153 cm³/mol. The van der Waals surface area contributed by atoms with Gasteiger partial charge in [-0.1, -0.05) is 32.0 Å². The van der Waals surface area contributed by atoms with Gasteiger partial charge in [0.05, 0.1) is 12.4 Å². The Bertz CT molecular complexity index is 1390. The molecule has 1 N–H and O–H groups in total. The van der Waals surface area contributed by atoms with Crippen molar-refractivity contribution in [2.75, 3.05) is 12.4 Å². The summed E-state index contributed by atoms with van der Waals surface area (Å²) in [5, 5.41) is 2.59. The number of amides is 1. The Morgan fingerprint density at radius 2 is 1.70 bits per heavy atom. The van der Waals surface area contributed by atoms with E-state index in [9.17, 15) is 31.2 Å². The van der Waals surface area contributed by atoms with Crippen LogP contribution < -0.4 is 14.2 Å². The van der Waals surface area contributed by atoms with Gasteiger partial charge in [0.15, 0.2) is 0 Å². The Morgan fingerprint density at radius 3 is 2.35 bits per heavy atom. The second-order valence-electron chi connectivity index (χ2n) is 11.8. The molecule has 0 saturated heterocycles. The Balaban J connectivity index is 1.59. The van der Waals surface area contributed by atoms with Crippen LogP contribution in [-0.2, 0) is 37.2 Å². The molecule has 43 heavy (non-hydrogen) atoms. The average Bonchev–Trinajstić information content (AvgIpc) is 3.28. The molecule has 2 aromatic rings. The van der Waals surface area contributed by atoms with Gasteiger partial charge < -0.3 is 23.7 Å². The zero-order chi connectivity index (χ0) is 32.0. The molecular weight excluding hydrogens is 591 g/mol. The normalized spacial score (nSPS) is 15.9. The first-order valence-electron chi connectivity index (χ1n) is 13.9. The number of hydrogen-bond acceptors (Lipinski definition) is 8. The summed E-state index contributed by atoms with van der Waals surface area (Å²) in [5.41, 5.74) is 1.20. The van der Waals surface area contributed by atoms with Gasteiger partial charge in [-0.25, -0.2) is 9.59 Å². The van der Waals surface area contributed by atoms with Gasteiger partial charge in [-0.15, -0.1) is 0 Å². The van der Waals surface area contributed by atoms with Gasteiger partial charge in [0, 0.05) is 18.4 Å². The molecule has 0 aliphatic heterocycles. The zero-order valence-electron chi connectivity index (χ0n) is 24.8. The maximum atomic E-state index is 12.8. The summed E-state index contributed by atoms with van der Waals surface area (Å²) >= 11 is 0. The molecule has 0 radical (unpaired) electrons. The van der Waals surface area contributed by atoms with Crippen molar-refractivity contribution in [3.05, 3.63) is 53.6 Å². The summed E-state index contributed by atoms with van der Waals surface area (Å²) in [4.78, 5) is 25.0. The number of hydrogen-bond donors (Lipinski definition) is 1. The van der Waals surface area contributed by atoms with E-state index in [1.54, 1.807) is 46.8 Å². The molecule has 0 heterocycles. The Labute approximate surface area is 250 Å². The third kappa shape index (κ3) is 11.3. The fraction of sp³-hybridized carbons (Fsp3) is 0.533. The molecule has 0 spiro atoms. The van der Waals surface area contributed by atoms with E-state index in [-0.39, 0.29) is 29.9 Å². The first-order valence-corrected chi connectivity index (χ1v) is 15.5. The second kappa shape index (κ2) is 13.9. The van der Waals surface area contributed by atoms with Crippen molar-refractivity contribution in [1.82, 2.24) is 5.32 Å². The molecular formula is C30H38F3NO8S. The van der Waals surface area contributed by atoms with Crippen LogP contribution in [0.25, 0.3) is 0 Å². The van der Waals surface area contributed by atoms with E-state index in [1.165, 1.54) is 18.2 Å². The van der Waals surface area contributed by atoms with Crippen LogP contribution in [0.4, 0.5) is 18.0 Å². The first kappa shape index (κ1) is 34.0. The third-order valence-electron chi connectivity index (χ3n) is 6.40. The van der Waals surface area contributed by atoms with Gasteiger partial charge in [-0.05, 0) is 75.3 Å². The van der Waals surface area contributed by atoms with Crippen LogP contribution in [-0.4, -0.2) is 50.7 Å². The van der Waals surface area contributed by atoms with Crippen molar-refractivity contribution in [3.63, 3.8) is 0 Å². The van der Waals surface area contributed by atoms with E-state index >= 15 is 0 Å². The fourth-order valence-corrected chi connectivity index (χ4v) is 5.47. The lowest BCUT2D eigenvalue weighted by Crippen LogP contribution is -2.47. The maximum absolute atomic E-state index is 12.8. The molecule has 238 valence electrons. The fourth-order valence-electron chi connectivity index (χ4n) is 4.50. The number of alkyl carbamates (subject to hydrolysis) is 1. The molecule has 13 heteroatoms. The van der Waals surface area contributed by atoms with Gasteiger partial charge in [0.2, 0.25) is 0 Å². The first-order chi connectivity index (χ1) is 19.9. The number of benzene rings is 2. The number of rotatable bonds is 12. The Morgan fingerprint density at radius 1 is 1.02 bits per heavy atom. The van der Waals surface area contributed by atoms with E-state index in [4.69, 9.17) is 18.4 Å². The smallest absolute Gasteiger partial charge is 0.408 e. The number of esters is 1. The molecule has 0 aromatic heterocycles. The molecule has 0 bridgehead atoms. The summed E-state index contributed by atoms with van der Waals surface area (Å²) in [5.74, 6) is -0.863. The minimum atomic E-state index is -4.45. The maximum Gasteiger partial charge on any atom is 0.408 e. The van der Waals surface area contributed by atoms with Gasteiger partial charge >= 0.3 is 28.4 Å². The van der Waals surface area contributed by atoms with Crippen LogP contribution in [0.2, 0.25) is 0 Å². The topological polar surface area (TPSA) is 117 Å². The van der Waals surface area contributed by atoms with Gasteiger partial charge in [0.1, 0.15) is 28.9 Å². The molecule has 0 unspecified atom stereocenters. The van der Waals surface area contributed by atoms with E-state index in [2.05, 4.69) is 5.32 Å². The van der Waals surface area contributed by atoms with Crippen molar-refractivity contribution >= 4 is 22.2 Å². The highest BCUT2D eigenvalue weighted by Gasteiger charge is 2.31. The summed E-state index contributed by atoms with van der Waals surface area (Å²) < 4.78 is 83.3. The van der Waals surface area contributed by atoms with Crippen LogP contribution in [0.15, 0.2) is 42.5 Å². The number of ether oxygens (including phenoxy) is 3. The summed E-state index contributed by atoms with van der Waals surface area (Å²) in [7, 11) is -4.23. The Hall–Kier alpha value is -3.48. The third-order valence-corrected chi connectivity index (χ3v) is 7.63. The molecule has 1 aliphatic carbocycles. The van der Waals surface area contributed by atoms with Crippen LogP contribution in [0, 0.1) is 11.8 Å². The number of nitrogens with one attached hydrogen (secondary N) is 1. The van der Waals surface area contributed by atoms with E-state index in [0.29, 0.717) is 18.6 Å². The van der Waals surface area contributed by atoms with Crippen LogP contribution in [0.1, 0.15) is 58.6 Å². The molecule has 9 nitrogen and oxygen atoms in total. The molecule has 0 fully saturated rings. The molecule has 2 aromatic carbocycles. The molecule has 1 amide bonds. The van der Waals surface area contributed by atoms with Gasteiger partial charge in [-0.2, -0.15) is 21.6 Å². The highest BCUT2D eigenvalue weighted by molar-refractivity contribution is 7.87. The minimum absolute atomic E-state index is 0.0328. The van der Waals surface area contributed by atoms with E-state index in [1.807, 2.05) is 12.1 Å². The molecule has 3 rings (SSSR count). The predicted octanol–water partition coefficient (Wildman–Crippen LogP) is 6.34. The van der Waals surface area contributed by atoms with Gasteiger partial charge in [-0.3, -0.25) is 0 Å². The largest absolute Gasteiger partial charge is 0.464 e. The number of carbonyl (C=O) groups excluding carboxylic acids is 2. The Kier molecular flexibility index (Phi) is 11.0. The van der Waals surface area contributed by atoms with Crippen LogP contribution in [0.5, 0.6) is 17.2 Å². The van der Waals surface area contributed by atoms with Crippen molar-refractivity contribution in [2.24, 2.45) is 11.8 Å². The van der Waals surface area contributed by atoms with Crippen molar-refractivity contribution in [2.45, 2.75) is 78.1 Å². The van der Waals surface area contributed by atoms with Crippen LogP contribution in [0.3, 0.4) is 0 Å². The SMILES string of the molecule is CC(C)[C@H](NC(=O)OC(C)(C)C)C(=O)OC[C@@H]1Cc2cccc(Oc3cccc(OS(=O)(=O)CCCC(F)(F)F)c3)c2C1. The van der Waals surface area contributed by atoms with Crippen molar-refractivity contribution < 1.29 is 49.6 Å². The quantitative estimate of drug-likeness (QED) is 0.214. The van der Waals surface area contributed by atoms with Crippen LogP contribution >= 0.6 is 0 Å². The zero-order valence-corrected chi connectivity index (χ0v) is 25.6. The number of carbonyl (C=O) groups is 2. The molecule has 1 aliphatic rings. The molecule has 0 saturated carbocycles. The number of alkyl halides is 3. The highest BCUT2D eigenvalue weighted by atomic mass is 32.2. The summed E-state index contributed by atoms with van der Waals surface area (Å²) in [6, 6.07) is 10.5. The number of fused-ring (bicyclic) bond motifs is 1. The number of halogens is 3. The average molecular weight is 630 g/mol. The standard InChI is InChI=1S/C30H38F3NO8S/c1-19(2)26(34-28(36)41-29(3,4)5)27(35)39-18-20-15-21-9-6-12-25(24(21)16-20)40-22-10-7-11-23(17-22)42-43(37,38)14-8-13-30(31,32)33/h6-7,9-12,17,19-20,26H,8,13-16,18H2,1-5H3,(H,34,36)/t20-,26+/m1/s1. The monoisotopic (exact) mass is 629 g/mol. The van der Waals surface area contributed by atoms with E-state index in [0.717, 1.165) is 11.1 Å².